The average Bonchev–Trinajstić information content (AvgIpc) is 1.57. The average molecular weight is 149 g/mol. The molecule has 3 nitrogen and oxygen atoms in total. The first-order valence-corrected chi connectivity index (χ1v) is 4.75. The van der Waals surface area contributed by atoms with Crippen molar-refractivity contribution in [2.24, 2.45) is 0 Å². The predicted octanol–water partition coefficient (Wildman–Crippen LogP) is -0.607. The van der Waals surface area contributed by atoms with Gasteiger partial charge in [-0.1, -0.05) is 0 Å². The molecule has 4 heteroatoms. The zero-order valence-electron chi connectivity index (χ0n) is 5.64. The number of hydrogen-bond donors (Lipinski definition) is 1. The third kappa shape index (κ3) is 0.966. The summed E-state index contributed by atoms with van der Waals surface area (Å²) in [6.07, 6.45) is 1.29. The van der Waals surface area contributed by atoms with E-state index in [1.165, 1.54) is 6.26 Å². The molecule has 0 spiro atoms. The van der Waals surface area contributed by atoms with Crippen LogP contribution in [0.4, 0.5) is 0 Å². The van der Waals surface area contributed by atoms with Crippen LogP contribution < -0.4 is 5.32 Å². The Balaban J connectivity index is 2.84. The molecular formula is C5H11NO2S. The van der Waals surface area contributed by atoms with E-state index in [0.717, 1.165) is 0 Å². The van der Waals surface area contributed by atoms with Gasteiger partial charge in [0.2, 0.25) is 0 Å². The summed E-state index contributed by atoms with van der Waals surface area (Å²) in [7, 11) is -2.83. The van der Waals surface area contributed by atoms with Gasteiger partial charge < -0.3 is 5.32 Å². The van der Waals surface area contributed by atoms with Gasteiger partial charge in [-0.2, -0.15) is 0 Å². The van der Waals surface area contributed by atoms with Crippen molar-refractivity contribution in [1.82, 2.24) is 5.32 Å². The summed E-state index contributed by atoms with van der Waals surface area (Å²) in [4.78, 5) is 0. The lowest BCUT2D eigenvalue weighted by Crippen LogP contribution is -2.61. The van der Waals surface area contributed by atoms with Crippen LogP contribution in [0, 0.1) is 0 Å². The van der Waals surface area contributed by atoms with Gasteiger partial charge in [0.05, 0.1) is 4.75 Å². The normalized spacial score (nSPS) is 25.1. The molecule has 0 atom stereocenters. The maximum atomic E-state index is 10.9. The Hall–Kier alpha value is -0.0900. The lowest BCUT2D eigenvalue weighted by atomic mass is 10.1. The van der Waals surface area contributed by atoms with Crippen LogP contribution in [0.5, 0.6) is 0 Å². The molecule has 0 aliphatic carbocycles. The number of sulfone groups is 1. The highest BCUT2D eigenvalue weighted by Gasteiger charge is 2.41. The van der Waals surface area contributed by atoms with Gasteiger partial charge in [0.15, 0.2) is 9.84 Å². The molecule has 1 aliphatic heterocycles. The van der Waals surface area contributed by atoms with Crippen LogP contribution in [0.25, 0.3) is 0 Å². The monoisotopic (exact) mass is 149 g/mol. The van der Waals surface area contributed by atoms with Gasteiger partial charge in [-0.25, -0.2) is 8.42 Å². The summed E-state index contributed by atoms with van der Waals surface area (Å²) in [6.45, 7) is 2.97. The van der Waals surface area contributed by atoms with Gasteiger partial charge in [-0.3, -0.25) is 0 Å². The van der Waals surface area contributed by atoms with Crippen LogP contribution in [0.3, 0.4) is 0 Å². The Morgan fingerprint density at radius 3 is 1.89 bits per heavy atom. The molecule has 1 N–H and O–H groups in total. The Bertz CT molecular complexity index is 203. The second-order valence-corrected chi connectivity index (χ2v) is 5.36. The van der Waals surface area contributed by atoms with Gasteiger partial charge in [-0.15, -0.1) is 0 Å². The zero-order chi connectivity index (χ0) is 7.12. The summed E-state index contributed by atoms with van der Waals surface area (Å²) >= 11 is 0. The van der Waals surface area contributed by atoms with Crippen molar-refractivity contribution >= 4 is 9.84 Å². The lowest BCUT2D eigenvalue weighted by Gasteiger charge is -2.37. The standard InChI is InChI=1S/C5H11NO2S/c1-5(3-6-4-5)9(2,7)8/h6H,3-4H2,1-2H3. The van der Waals surface area contributed by atoms with Crippen LogP contribution in [-0.2, 0) is 9.84 Å². The second-order valence-electron chi connectivity index (χ2n) is 2.83. The molecule has 0 aromatic heterocycles. The first kappa shape index (κ1) is 7.02. The smallest absolute Gasteiger partial charge is 0.155 e. The van der Waals surface area contributed by atoms with Crippen LogP contribution >= 0.6 is 0 Å². The molecule has 0 amide bonds. The largest absolute Gasteiger partial charge is 0.314 e. The molecule has 1 heterocycles. The van der Waals surface area contributed by atoms with Gasteiger partial charge in [-0.05, 0) is 6.92 Å². The molecule has 54 valence electrons. The highest BCUT2D eigenvalue weighted by Crippen LogP contribution is 2.19. The Morgan fingerprint density at radius 1 is 1.44 bits per heavy atom. The Morgan fingerprint density at radius 2 is 1.89 bits per heavy atom. The zero-order valence-corrected chi connectivity index (χ0v) is 6.46. The molecule has 1 fully saturated rings. The van der Waals surface area contributed by atoms with E-state index in [1.807, 2.05) is 0 Å². The molecule has 0 bridgehead atoms. The van der Waals surface area contributed by atoms with Crippen molar-refractivity contribution in [1.29, 1.82) is 0 Å². The fourth-order valence-electron chi connectivity index (χ4n) is 0.739. The number of rotatable bonds is 1. The summed E-state index contributed by atoms with van der Waals surface area (Å²) in [6, 6.07) is 0. The van der Waals surface area contributed by atoms with E-state index in [1.54, 1.807) is 6.92 Å². The summed E-state index contributed by atoms with van der Waals surface area (Å²) in [5.74, 6) is 0. The van der Waals surface area contributed by atoms with Crippen molar-refractivity contribution in [2.45, 2.75) is 11.7 Å². The molecule has 0 saturated carbocycles. The third-order valence-corrected chi connectivity index (χ3v) is 3.97. The van der Waals surface area contributed by atoms with Gasteiger partial charge in [0.25, 0.3) is 0 Å². The topological polar surface area (TPSA) is 46.2 Å². The number of hydrogen-bond acceptors (Lipinski definition) is 3. The SMILES string of the molecule is CC1(S(C)(=O)=O)CNC1. The van der Waals surface area contributed by atoms with Crippen LogP contribution in [0.2, 0.25) is 0 Å². The predicted molar refractivity (Wildman–Crippen MR) is 36.1 cm³/mol. The van der Waals surface area contributed by atoms with Gasteiger partial charge in [0.1, 0.15) is 0 Å². The molecule has 1 saturated heterocycles. The highest BCUT2D eigenvalue weighted by atomic mass is 32.2. The van der Waals surface area contributed by atoms with Crippen molar-refractivity contribution in [2.75, 3.05) is 19.3 Å². The molecule has 1 aliphatic rings. The minimum atomic E-state index is -2.83. The quantitative estimate of drug-likeness (QED) is 0.541. The summed E-state index contributed by atoms with van der Waals surface area (Å²) in [5, 5.41) is 2.93. The van der Waals surface area contributed by atoms with Crippen LogP contribution in [0.1, 0.15) is 6.92 Å². The maximum Gasteiger partial charge on any atom is 0.155 e. The second kappa shape index (κ2) is 1.70. The minimum Gasteiger partial charge on any atom is -0.314 e. The molecule has 0 aromatic carbocycles. The summed E-state index contributed by atoms with van der Waals surface area (Å²) in [5.41, 5.74) is 0. The van der Waals surface area contributed by atoms with Crippen molar-refractivity contribution in [3.63, 3.8) is 0 Å². The Labute approximate surface area is 55.4 Å². The van der Waals surface area contributed by atoms with E-state index in [2.05, 4.69) is 5.32 Å². The lowest BCUT2D eigenvalue weighted by molar-refractivity contribution is 0.392. The van der Waals surface area contributed by atoms with Crippen LogP contribution in [-0.4, -0.2) is 32.5 Å². The molecular weight excluding hydrogens is 138 g/mol. The van der Waals surface area contributed by atoms with Crippen molar-refractivity contribution in [3.8, 4) is 0 Å². The van der Waals surface area contributed by atoms with E-state index in [0.29, 0.717) is 13.1 Å². The van der Waals surface area contributed by atoms with E-state index in [4.69, 9.17) is 0 Å². The minimum absolute atomic E-state index is 0.479. The molecule has 0 aromatic rings. The van der Waals surface area contributed by atoms with E-state index in [9.17, 15) is 8.42 Å². The number of nitrogens with one attached hydrogen (secondary N) is 1. The first-order valence-electron chi connectivity index (χ1n) is 2.86. The maximum absolute atomic E-state index is 10.9. The molecule has 0 unspecified atom stereocenters. The summed E-state index contributed by atoms with van der Waals surface area (Å²) < 4.78 is 21.3. The molecule has 9 heavy (non-hydrogen) atoms. The molecule has 0 radical (unpaired) electrons. The van der Waals surface area contributed by atoms with E-state index in [-0.39, 0.29) is 0 Å². The van der Waals surface area contributed by atoms with Crippen molar-refractivity contribution < 1.29 is 8.42 Å². The van der Waals surface area contributed by atoms with Gasteiger partial charge in [0, 0.05) is 19.3 Å². The Kier molecular flexibility index (Phi) is 1.33. The highest BCUT2D eigenvalue weighted by molar-refractivity contribution is 7.92. The van der Waals surface area contributed by atoms with Gasteiger partial charge >= 0.3 is 0 Å². The van der Waals surface area contributed by atoms with Crippen LogP contribution in [0.15, 0.2) is 0 Å². The first-order chi connectivity index (χ1) is 3.96. The fourth-order valence-corrected chi connectivity index (χ4v) is 1.47. The van der Waals surface area contributed by atoms with E-state index >= 15 is 0 Å². The van der Waals surface area contributed by atoms with E-state index < -0.39 is 14.6 Å². The fraction of sp³-hybridized carbons (Fsp3) is 1.00. The third-order valence-electron chi connectivity index (χ3n) is 1.89. The van der Waals surface area contributed by atoms with Crippen molar-refractivity contribution in [3.05, 3.63) is 0 Å². The molecule has 1 rings (SSSR count).